The summed E-state index contributed by atoms with van der Waals surface area (Å²) in [6.07, 6.45) is 1.39. The molecule has 2 rings (SSSR count). The van der Waals surface area contributed by atoms with Gasteiger partial charge in [0.1, 0.15) is 11.6 Å². The van der Waals surface area contributed by atoms with Gasteiger partial charge >= 0.3 is 0 Å². The molecule has 0 aliphatic carbocycles. The number of hydrogen-bond donors (Lipinski definition) is 1. The lowest BCUT2D eigenvalue weighted by molar-refractivity contribution is -0.384. The highest BCUT2D eigenvalue weighted by atomic mass is 16.6. The molecule has 88 valence electrons. The van der Waals surface area contributed by atoms with Crippen LogP contribution in [0.15, 0.2) is 24.3 Å². The van der Waals surface area contributed by atoms with Gasteiger partial charge in [0, 0.05) is 25.0 Å². The maximum absolute atomic E-state index is 10.5. The highest BCUT2D eigenvalue weighted by Crippen LogP contribution is 2.13. The Morgan fingerprint density at radius 3 is 2.59 bits per heavy atom. The van der Waals surface area contributed by atoms with E-state index in [0.29, 0.717) is 6.42 Å². The first kappa shape index (κ1) is 11.3. The molecule has 17 heavy (non-hydrogen) atoms. The lowest BCUT2D eigenvalue weighted by Crippen LogP contribution is -1.93. The maximum Gasteiger partial charge on any atom is 0.269 e. The molecule has 0 bridgehead atoms. The molecule has 0 unspecified atom stereocenters. The maximum atomic E-state index is 10.5. The van der Waals surface area contributed by atoms with Gasteiger partial charge in [-0.05, 0) is 5.56 Å². The van der Waals surface area contributed by atoms with Crippen LogP contribution in [0.2, 0.25) is 0 Å². The van der Waals surface area contributed by atoms with Gasteiger partial charge in [-0.25, -0.2) is 4.98 Å². The van der Waals surface area contributed by atoms with Crippen molar-refractivity contribution in [2.45, 2.75) is 19.8 Å². The molecular formula is C11H12N4O2. The first-order valence-electron chi connectivity index (χ1n) is 5.32. The minimum Gasteiger partial charge on any atom is -0.263 e. The van der Waals surface area contributed by atoms with Gasteiger partial charge in [-0.1, -0.05) is 19.1 Å². The molecule has 0 saturated heterocycles. The van der Waals surface area contributed by atoms with Gasteiger partial charge in [-0.15, -0.1) is 0 Å². The first-order valence-corrected chi connectivity index (χ1v) is 5.32. The molecule has 1 aromatic heterocycles. The summed E-state index contributed by atoms with van der Waals surface area (Å²) in [6.45, 7) is 1.98. The van der Waals surface area contributed by atoms with E-state index in [0.717, 1.165) is 23.6 Å². The van der Waals surface area contributed by atoms with E-state index in [-0.39, 0.29) is 5.69 Å². The van der Waals surface area contributed by atoms with Crippen molar-refractivity contribution in [1.82, 2.24) is 15.2 Å². The van der Waals surface area contributed by atoms with E-state index < -0.39 is 4.92 Å². The molecule has 0 radical (unpaired) electrons. The summed E-state index contributed by atoms with van der Waals surface area (Å²) in [5.74, 6) is 1.55. The average Bonchev–Trinajstić information content (AvgIpc) is 2.77. The van der Waals surface area contributed by atoms with E-state index in [1.54, 1.807) is 12.1 Å². The Bertz CT molecular complexity index is 519. The first-order chi connectivity index (χ1) is 8.19. The number of hydrogen-bond acceptors (Lipinski definition) is 4. The van der Waals surface area contributed by atoms with E-state index >= 15 is 0 Å². The second kappa shape index (κ2) is 4.73. The molecule has 6 heteroatoms. The monoisotopic (exact) mass is 232 g/mol. The Morgan fingerprint density at radius 2 is 2.06 bits per heavy atom. The van der Waals surface area contributed by atoms with Crippen LogP contribution in [0.25, 0.3) is 0 Å². The molecule has 2 aromatic rings. The van der Waals surface area contributed by atoms with Crippen LogP contribution in [-0.4, -0.2) is 20.1 Å². The number of aromatic nitrogens is 3. The molecule has 6 nitrogen and oxygen atoms in total. The fourth-order valence-electron chi connectivity index (χ4n) is 1.50. The van der Waals surface area contributed by atoms with Gasteiger partial charge in [0.05, 0.1) is 4.92 Å². The zero-order chi connectivity index (χ0) is 12.3. The Kier molecular flexibility index (Phi) is 3.13. The number of benzene rings is 1. The number of aryl methyl sites for hydroxylation is 1. The molecule has 1 heterocycles. The van der Waals surface area contributed by atoms with E-state index in [1.165, 1.54) is 12.1 Å². The molecule has 0 fully saturated rings. The average molecular weight is 232 g/mol. The SMILES string of the molecule is CCc1n[nH]c(Cc2ccc([N+](=O)[O-])cc2)n1. The number of nitro groups is 1. The molecule has 0 saturated carbocycles. The standard InChI is InChI=1S/C11H12N4O2/c1-2-10-12-11(14-13-10)7-8-3-5-9(6-4-8)15(16)17/h3-6H,2,7H2,1H3,(H,12,13,14). The van der Waals surface area contributed by atoms with Crippen LogP contribution in [0.1, 0.15) is 24.1 Å². The summed E-state index contributed by atoms with van der Waals surface area (Å²) in [6, 6.07) is 6.44. The van der Waals surface area contributed by atoms with Crippen molar-refractivity contribution in [3.63, 3.8) is 0 Å². The smallest absolute Gasteiger partial charge is 0.263 e. The topological polar surface area (TPSA) is 84.7 Å². The van der Waals surface area contributed by atoms with E-state index in [4.69, 9.17) is 0 Å². The number of nitrogens with zero attached hydrogens (tertiary/aromatic N) is 3. The van der Waals surface area contributed by atoms with Gasteiger partial charge in [-0.3, -0.25) is 15.2 Å². The molecule has 0 aliphatic heterocycles. The molecule has 0 aliphatic rings. The Labute approximate surface area is 97.9 Å². The highest BCUT2D eigenvalue weighted by molar-refractivity contribution is 5.33. The molecule has 0 atom stereocenters. The van der Waals surface area contributed by atoms with Crippen molar-refractivity contribution in [3.8, 4) is 0 Å². The fraction of sp³-hybridized carbons (Fsp3) is 0.273. The predicted octanol–water partition coefficient (Wildman–Crippen LogP) is 1.87. The summed E-state index contributed by atoms with van der Waals surface area (Å²) in [7, 11) is 0. The van der Waals surface area contributed by atoms with E-state index in [1.807, 2.05) is 6.92 Å². The Balaban J connectivity index is 2.10. The summed E-state index contributed by atoms with van der Waals surface area (Å²) < 4.78 is 0. The summed E-state index contributed by atoms with van der Waals surface area (Å²) in [5.41, 5.74) is 1.06. The van der Waals surface area contributed by atoms with Crippen LogP contribution < -0.4 is 0 Å². The predicted molar refractivity (Wildman–Crippen MR) is 61.7 cm³/mol. The molecular weight excluding hydrogens is 220 g/mol. The zero-order valence-electron chi connectivity index (χ0n) is 9.38. The van der Waals surface area contributed by atoms with Crippen molar-refractivity contribution in [1.29, 1.82) is 0 Å². The van der Waals surface area contributed by atoms with Gasteiger partial charge < -0.3 is 0 Å². The lowest BCUT2D eigenvalue weighted by Gasteiger charge is -1.97. The number of non-ortho nitro benzene ring substituents is 1. The van der Waals surface area contributed by atoms with Crippen LogP contribution in [0.5, 0.6) is 0 Å². The number of rotatable bonds is 4. The molecule has 0 amide bonds. The minimum absolute atomic E-state index is 0.0977. The van der Waals surface area contributed by atoms with Gasteiger partial charge in [0.25, 0.3) is 5.69 Å². The Hall–Kier alpha value is -2.24. The van der Waals surface area contributed by atoms with Crippen LogP contribution in [0.3, 0.4) is 0 Å². The zero-order valence-corrected chi connectivity index (χ0v) is 9.38. The fourth-order valence-corrected chi connectivity index (χ4v) is 1.50. The summed E-state index contributed by atoms with van der Waals surface area (Å²) >= 11 is 0. The molecule has 1 aromatic carbocycles. The van der Waals surface area contributed by atoms with E-state index in [2.05, 4.69) is 15.2 Å². The van der Waals surface area contributed by atoms with Crippen molar-refractivity contribution in [2.24, 2.45) is 0 Å². The van der Waals surface area contributed by atoms with Crippen LogP contribution in [0, 0.1) is 10.1 Å². The van der Waals surface area contributed by atoms with Crippen LogP contribution in [0.4, 0.5) is 5.69 Å². The summed E-state index contributed by atoms with van der Waals surface area (Å²) in [4.78, 5) is 14.4. The van der Waals surface area contributed by atoms with Gasteiger partial charge in [0.15, 0.2) is 0 Å². The second-order valence-corrected chi connectivity index (χ2v) is 3.65. The van der Waals surface area contributed by atoms with Crippen molar-refractivity contribution >= 4 is 5.69 Å². The van der Waals surface area contributed by atoms with Gasteiger partial charge in [-0.2, -0.15) is 5.10 Å². The normalized spacial score (nSPS) is 10.4. The summed E-state index contributed by atoms with van der Waals surface area (Å²) in [5, 5.41) is 17.4. The van der Waals surface area contributed by atoms with Gasteiger partial charge in [0.2, 0.25) is 0 Å². The molecule has 0 spiro atoms. The third-order valence-corrected chi connectivity index (χ3v) is 2.41. The third kappa shape index (κ3) is 2.66. The number of nitro benzene ring substituents is 1. The lowest BCUT2D eigenvalue weighted by atomic mass is 10.1. The number of H-pyrrole nitrogens is 1. The number of nitrogens with one attached hydrogen (secondary N) is 1. The second-order valence-electron chi connectivity index (χ2n) is 3.65. The quantitative estimate of drug-likeness (QED) is 0.644. The minimum atomic E-state index is -0.409. The highest BCUT2D eigenvalue weighted by Gasteiger charge is 2.06. The van der Waals surface area contributed by atoms with Crippen LogP contribution >= 0.6 is 0 Å². The molecule has 1 N–H and O–H groups in total. The Morgan fingerprint density at radius 1 is 1.35 bits per heavy atom. The van der Waals surface area contributed by atoms with E-state index in [9.17, 15) is 10.1 Å². The number of aromatic amines is 1. The largest absolute Gasteiger partial charge is 0.269 e. The van der Waals surface area contributed by atoms with Crippen molar-refractivity contribution in [2.75, 3.05) is 0 Å². The van der Waals surface area contributed by atoms with Crippen molar-refractivity contribution < 1.29 is 4.92 Å². The third-order valence-electron chi connectivity index (χ3n) is 2.41. The van der Waals surface area contributed by atoms with Crippen LogP contribution in [-0.2, 0) is 12.8 Å². The van der Waals surface area contributed by atoms with Crippen molar-refractivity contribution in [3.05, 3.63) is 51.6 Å².